The molecule has 0 unspecified atom stereocenters. The average Bonchev–Trinajstić information content (AvgIpc) is 2.68. The second-order valence-electron chi connectivity index (χ2n) is 3.08. The van der Waals surface area contributed by atoms with Crippen LogP contribution in [0.4, 0.5) is 10.2 Å². The number of halogens is 1. The number of ether oxygens (including phenoxy) is 1. The summed E-state index contributed by atoms with van der Waals surface area (Å²) in [4.78, 5) is 0. The van der Waals surface area contributed by atoms with Crippen LogP contribution in [0, 0.1) is 5.82 Å². The van der Waals surface area contributed by atoms with E-state index in [0.29, 0.717) is 23.7 Å². The van der Waals surface area contributed by atoms with Crippen LogP contribution in [0.3, 0.4) is 0 Å². The normalized spacial score (nSPS) is 10.4. The summed E-state index contributed by atoms with van der Waals surface area (Å²) < 4.78 is 26.5. The summed E-state index contributed by atoms with van der Waals surface area (Å²) >= 11 is 1.00. The number of hydrogen-bond acceptors (Lipinski definition) is 5. The molecule has 0 aliphatic heterocycles. The second kappa shape index (κ2) is 4.44. The van der Waals surface area contributed by atoms with Crippen LogP contribution in [-0.2, 0) is 0 Å². The summed E-state index contributed by atoms with van der Waals surface area (Å²) in [5, 5.41) is 0. The van der Waals surface area contributed by atoms with E-state index in [0.717, 1.165) is 11.7 Å². The highest BCUT2D eigenvalue weighted by atomic mass is 32.1. The molecule has 0 saturated heterocycles. The van der Waals surface area contributed by atoms with Crippen molar-refractivity contribution in [3.8, 4) is 17.0 Å². The van der Waals surface area contributed by atoms with E-state index in [1.165, 1.54) is 6.07 Å². The number of benzene rings is 1. The molecule has 16 heavy (non-hydrogen) atoms. The van der Waals surface area contributed by atoms with Gasteiger partial charge in [-0.05, 0) is 25.1 Å². The number of hydrogen-bond donors (Lipinski definition) is 1. The highest BCUT2D eigenvalue weighted by Crippen LogP contribution is 2.27. The Hall–Kier alpha value is -1.69. The van der Waals surface area contributed by atoms with Crippen molar-refractivity contribution < 1.29 is 9.13 Å². The first-order valence-electron chi connectivity index (χ1n) is 4.73. The molecule has 0 amide bonds. The molecule has 2 rings (SSSR count). The fourth-order valence-corrected chi connectivity index (χ4v) is 1.81. The van der Waals surface area contributed by atoms with Gasteiger partial charge in [0, 0.05) is 5.56 Å². The maximum absolute atomic E-state index is 13.6. The van der Waals surface area contributed by atoms with Gasteiger partial charge in [-0.15, -0.1) is 0 Å². The molecule has 1 aromatic carbocycles. The Morgan fingerprint density at radius 3 is 2.81 bits per heavy atom. The largest absolute Gasteiger partial charge is 0.491 e. The van der Waals surface area contributed by atoms with Gasteiger partial charge in [-0.3, -0.25) is 0 Å². The topological polar surface area (TPSA) is 61.0 Å². The van der Waals surface area contributed by atoms with Crippen LogP contribution in [0.2, 0.25) is 0 Å². The van der Waals surface area contributed by atoms with Crippen molar-refractivity contribution in [2.75, 3.05) is 12.3 Å². The highest BCUT2D eigenvalue weighted by molar-refractivity contribution is 6.99. The Morgan fingerprint density at radius 1 is 1.44 bits per heavy atom. The van der Waals surface area contributed by atoms with Crippen molar-refractivity contribution in [1.82, 2.24) is 8.75 Å². The maximum Gasteiger partial charge on any atom is 0.165 e. The van der Waals surface area contributed by atoms with Gasteiger partial charge < -0.3 is 10.5 Å². The van der Waals surface area contributed by atoms with Gasteiger partial charge in [0.25, 0.3) is 0 Å². The summed E-state index contributed by atoms with van der Waals surface area (Å²) in [5.41, 5.74) is 6.71. The first-order chi connectivity index (χ1) is 7.72. The van der Waals surface area contributed by atoms with Crippen LogP contribution in [0.15, 0.2) is 18.2 Å². The predicted molar refractivity (Wildman–Crippen MR) is 60.9 cm³/mol. The zero-order valence-electron chi connectivity index (χ0n) is 8.61. The minimum atomic E-state index is -0.424. The van der Waals surface area contributed by atoms with Crippen molar-refractivity contribution >= 4 is 17.5 Å². The third kappa shape index (κ3) is 1.96. The summed E-state index contributed by atoms with van der Waals surface area (Å²) in [6, 6.07) is 4.62. The Kier molecular flexibility index (Phi) is 3.00. The Morgan fingerprint density at radius 2 is 2.25 bits per heavy atom. The zero-order valence-corrected chi connectivity index (χ0v) is 9.42. The summed E-state index contributed by atoms with van der Waals surface area (Å²) in [6.07, 6.45) is 0. The van der Waals surface area contributed by atoms with Crippen molar-refractivity contribution in [2.24, 2.45) is 0 Å². The minimum absolute atomic E-state index is 0.230. The third-order valence-electron chi connectivity index (χ3n) is 2.02. The van der Waals surface area contributed by atoms with Gasteiger partial charge in [0.2, 0.25) is 0 Å². The van der Waals surface area contributed by atoms with Crippen molar-refractivity contribution in [2.45, 2.75) is 6.92 Å². The Bertz CT molecular complexity index is 501. The van der Waals surface area contributed by atoms with E-state index in [9.17, 15) is 4.39 Å². The predicted octanol–water partition coefficient (Wildman–Crippen LogP) is 2.33. The van der Waals surface area contributed by atoms with Crippen LogP contribution in [-0.4, -0.2) is 15.4 Å². The lowest BCUT2D eigenvalue weighted by Gasteiger charge is -2.05. The molecule has 0 spiro atoms. The number of nitrogens with zero attached hydrogens (tertiary/aromatic N) is 2. The van der Waals surface area contributed by atoms with E-state index >= 15 is 0 Å². The molecule has 0 fully saturated rings. The molecule has 0 saturated carbocycles. The maximum atomic E-state index is 13.6. The van der Waals surface area contributed by atoms with Gasteiger partial charge in [-0.25, -0.2) is 4.39 Å². The van der Waals surface area contributed by atoms with Crippen molar-refractivity contribution in [1.29, 1.82) is 0 Å². The standard InChI is InChI=1S/C10H10FN3OS/c1-2-15-8-4-3-6(5-7(8)11)9-10(12)14-16-13-9/h3-5H,2H2,1H3,(H2,12,14). The first-order valence-corrected chi connectivity index (χ1v) is 5.46. The molecule has 6 heteroatoms. The zero-order chi connectivity index (χ0) is 11.5. The lowest BCUT2D eigenvalue weighted by atomic mass is 10.1. The Labute approximate surface area is 96.2 Å². The molecule has 84 valence electrons. The lowest BCUT2D eigenvalue weighted by Crippen LogP contribution is -1.95. The monoisotopic (exact) mass is 239 g/mol. The quantitative estimate of drug-likeness (QED) is 0.892. The number of nitrogens with two attached hydrogens (primary N) is 1. The van der Waals surface area contributed by atoms with Crippen LogP contribution in [0.25, 0.3) is 11.3 Å². The van der Waals surface area contributed by atoms with Gasteiger partial charge in [-0.1, -0.05) is 0 Å². The van der Waals surface area contributed by atoms with E-state index in [-0.39, 0.29) is 5.75 Å². The van der Waals surface area contributed by atoms with Crippen LogP contribution in [0.5, 0.6) is 5.75 Å². The van der Waals surface area contributed by atoms with E-state index < -0.39 is 5.82 Å². The SMILES string of the molecule is CCOc1ccc(-c2nsnc2N)cc1F. The number of nitrogen functional groups attached to an aromatic ring is 1. The minimum Gasteiger partial charge on any atom is -0.491 e. The lowest BCUT2D eigenvalue weighted by molar-refractivity contribution is 0.321. The molecule has 1 heterocycles. The molecule has 4 nitrogen and oxygen atoms in total. The van der Waals surface area contributed by atoms with E-state index in [1.54, 1.807) is 19.1 Å². The molecular weight excluding hydrogens is 229 g/mol. The molecule has 1 aromatic heterocycles. The molecular formula is C10H10FN3OS. The van der Waals surface area contributed by atoms with Gasteiger partial charge >= 0.3 is 0 Å². The second-order valence-corrected chi connectivity index (χ2v) is 3.60. The molecule has 2 N–H and O–H groups in total. The van der Waals surface area contributed by atoms with Crippen LogP contribution >= 0.6 is 11.7 Å². The Balaban J connectivity index is 2.38. The van der Waals surface area contributed by atoms with Crippen molar-refractivity contribution in [3.63, 3.8) is 0 Å². The van der Waals surface area contributed by atoms with Gasteiger partial charge in [-0.2, -0.15) is 8.75 Å². The summed E-state index contributed by atoms with van der Waals surface area (Å²) in [5.74, 6) is 0.119. The van der Waals surface area contributed by atoms with Crippen LogP contribution < -0.4 is 10.5 Å². The molecule has 0 radical (unpaired) electrons. The van der Waals surface area contributed by atoms with E-state index in [4.69, 9.17) is 10.5 Å². The molecule has 0 aliphatic carbocycles. The fourth-order valence-electron chi connectivity index (χ4n) is 1.32. The molecule has 2 aromatic rings. The average molecular weight is 239 g/mol. The number of aromatic nitrogens is 2. The van der Waals surface area contributed by atoms with E-state index in [2.05, 4.69) is 8.75 Å². The van der Waals surface area contributed by atoms with Gasteiger partial charge in [0.1, 0.15) is 5.69 Å². The fraction of sp³-hybridized carbons (Fsp3) is 0.200. The smallest absolute Gasteiger partial charge is 0.165 e. The number of anilines is 1. The summed E-state index contributed by atoms with van der Waals surface area (Å²) in [7, 11) is 0. The first kappa shape index (κ1) is 10.8. The van der Waals surface area contributed by atoms with E-state index in [1.807, 2.05) is 0 Å². The number of rotatable bonds is 3. The molecule has 0 aliphatic rings. The third-order valence-corrected chi connectivity index (χ3v) is 2.56. The van der Waals surface area contributed by atoms with Gasteiger partial charge in [0.15, 0.2) is 17.4 Å². The molecule has 0 bridgehead atoms. The molecule has 0 atom stereocenters. The summed E-state index contributed by atoms with van der Waals surface area (Å²) in [6.45, 7) is 2.23. The van der Waals surface area contributed by atoms with Gasteiger partial charge in [0.05, 0.1) is 18.3 Å². The van der Waals surface area contributed by atoms with Crippen LogP contribution in [0.1, 0.15) is 6.92 Å². The van der Waals surface area contributed by atoms with Crippen molar-refractivity contribution in [3.05, 3.63) is 24.0 Å². The highest BCUT2D eigenvalue weighted by Gasteiger charge is 2.10.